The lowest BCUT2D eigenvalue weighted by molar-refractivity contribution is 0.594. The molecule has 2 aromatic carbocycles. The Morgan fingerprint density at radius 3 is 2.21 bits per heavy atom. The number of sulfone groups is 1. The number of hydrogen-bond acceptors (Lipinski definition) is 2. The maximum Gasteiger partial charge on any atom is 0.181 e. The van der Waals surface area contributed by atoms with Gasteiger partial charge in [-0.1, -0.05) is 41.9 Å². The molecule has 0 heterocycles. The van der Waals surface area contributed by atoms with Crippen LogP contribution in [0, 0.1) is 0 Å². The highest BCUT2D eigenvalue weighted by Crippen LogP contribution is 2.47. The Kier molecular flexibility index (Phi) is 3.11. The van der Waals surface area contributed by atoms with Crippen LogP contribution in [0.1, 0.15) is 17.9 Å². The van der Waals surface area contributed by atoms with Crippen LogP contribution < -0.4 is 0 Å². The minimum Gasteiger partial charge on any atom is -0.223 e. The summed E-state index contributed by atoms with van der Waals surface area (Å²) in [5.41, 5.74) is 1.10. The van der Waals surface area contributed by atoms with Crippen molar-refractivity contribution in [2.75, 3.05) is 0 Å². The van der Waals surface area contributed by atoms with Crippen LogP contribution in [0.25, 0.3) is 0 Å². The highest BCUT2D eigenvalue weighted by Gasteiger charge is 2.48. The smallest absolute Gasteiger partial charge is 0.181 e. The molecule has 2 nitrogen and oxygen atoms in total. The highest BCUT2D eigenvalue weighted by atomic mass is 35.5. The lowest BCUT2D eigenvalue weighted by Gasteiger charge is -2.04. The molecule has 2 aromatic rings. The van der Waals surface area contributed by atoms with Crippen LogP contribution in [-0.2, 0) is 9.84 Å². The largest absolute Gasteiger partial charge is 0.223 e. The fourth-order valence-corrected chi connectivity index (χ4v) is 4.41. The van der Waals surface area contributed by atoms with E-state index in [0.29, 0.717) is 16.3 Å². The van der Waals surface area contributed by atoms with Crippen LogP contribution in [0.15, 0.2) is 59.5 Å². The molecule has 0 unspecified atom stereocenters. The summed E-state index contributed by atoms with van der Waals surface area (Å²) in [5.74, 6) is 0.127. The van der Waals surface area contributed by atoms with E-state index in [2.05, 4.69) is 0 Å². The Bertz CT molecular complexity index is 678. The van der Waals surface area contributed by atoms with Crippen molar-refractivity contribution in [2.24, 2.45) is 0 Å². The molecule has 0 bridgehead atoms. The minimum atomic E-state index is -3.24. The third-order valence-electron chi connectivity index (χ3n) is 3.50. The van der Waals surface area contributed by atoms with E-state index >= 15 is 0 Å². The average molecular weight is 293 g/mol. The molecule has 98 valence electrons. The second-order valence-electron chi connectivity index (χ2n) is 4.79. The van der Waals surface area contributed by atoms with E-state index in [9.17, 15) is 8.42 Å². The van der Waals surface area contributed by atoms with Crippen LogP contribution in [0.3, 0.4) is 0 Å². The van der Waals surface area contributed by atoms with E-state index in [1.54, 1.807) is 24.3 Å². The van der Waals surface area contributed by atoms with Gasteiger partial charge in [0.1, 0.15) is 0 Å². The molecule has 0 saturated heterocycles. The first-order valence-electron chi connectivity index (χ1n) is 6.13. The molecule has 19 heavy (non-hydrogen) atoms. The van der Waals surface area contributed by atoms with Gasteiger partial charge in [-0.05, 0) is 36.2 Å². The summed E-state index contributed by atoms with van der Waals surface area (Å²) in [4.78, 5) is 0.361. The van der Waals surface area contributed by atoms with E-state index in [1.807, 2.05) is 30.3 Å². The molecule has 0 aromatic heterocycles. The zero-order valence-electron chi connectivity index (χ0n) is 10.2. The fourth-order valence-electron chi connectivity index (χ4n) is 2.36. The van der Waals surface area contributed by atoms with Gasteiger partial charge in [0.2, 0.25) is 0 Å². The quantitative estimate of drug-likeness (QED) is 0.865. The maximum atomic E-state index is 12.4. The van der Waals surface area contributed by atoms with Crippen molar-refractivity contribution < 1.29 is 8.42 Å². The first kappa shape index (κ1) is 12.7. The van der Waals surface area contributed by atoms with Crippen LogP contribution in [-0.4, -0.2) is 13.7 Å². The average Bonchev–Trinajstić information content (AvgIpc) is 3.21. The van der Waals surface area contributed by atoms with Gasteiger partial charge < -0.3 is 0 Å². The predicted molar refractivity (Wildman–Crippen MR) is 76.2 cm³/mol. The van der Waals surface area contributed by atoms with Gasteiger partial charge in [-0.15, -0.1) is 0 Å². The summed E-state index contributed by atoms with van der Waals surface area (Å²) in [6.45, 7) is 0. The molecule has 1 saturated carbocycles. The number of rotatable bonds is 3. The molecular weight excluding hydrogens is 280 g/mol. The molecular formula is C15H13ClO2S. The van der Waals surface area contributed by atoms with E-state index < -0.39 is 9.84 Å². The minimum absolute atomic E-state index is 0.127. The Morgan fingerprint density at radius 1 is 0.947 bits per heavy atom. The molecule has 0 N–H and O–H groups in total. The summed E-state index contributed by atoms with van der Waals surface area (Å²) < 4.78 is 24.9. The van der Waals surface area contributed by atoms with Gasteiger partial charge >= 0.3 is 0 Å². The molecule has 1 fully saturated rings. The van der Waals surface area contributed by atoms with Crippen molar-refractivity contribution in [1.82, 2.24) is 0 Å². The standard InChI is InChI=1S/C15H13ClO2S/c16-12-6-8-13(9-7-12)19(17,18)15-10-14(15)11-4-2-1-3-5-11/h1-9,14-15H,10H2/t14-,15+/m1/s1. The first-order chi connectivity index (χ1) is 9.09. The Morgan fingerprint density at radius 2 is 1.58 bits per heavy atom. The summed E-state index contributed by atoms with van der Waals surface area (Å²) in [6, 6.07) is 16.2. The second kappa shape index (κ2) is 4.66. The normalized spacial score (nSPS) is 22.2. The van der Waals surface area contributed by atoms with Crippen molar-refractivity contribution in [3.05, 3.63) is 65.2 Å². The number of halogens is 1. The maximum absolute atomic E-state index is 12.4. The summed E-state index contributed by atoms with van der Waals surface area (Å²) >= 11 is 5.79. The van der Waals surface area contributed by atoms with Gasteiger partial charge in [-0.3, -0.25) is 0 Å². The van der Waals surface area contributed by atoms with E-state index in [4.69, 9.17) is 11.6 Å². The molecule has 0 amide bonds. The van der Waals surface area contributed by atoms with Gasteiger partial charge in [0, 0.05) is 10.9 Å². The van der Waals surface area contributed by atoms with Crippen LogP contribution in [0.5, 0.6) is 0 Å². The molecule has 4 heteroatoms. The van der Waals surface area contributed by atoms with Gasteiger partial charge in [-0.2, -0.15) is 0 Å². The Balaban J connectivity index is 1.86. The molecule has 0 aliphatic heterocycles. The molecule has 2 atom stereocenters. The fraction of sp³-hybridized carbons (Fsp3) is 0.200. The van der Waals surface area contributed by atoms with E-state index in [0.717, 1.165) is 5.56 Å². The topological polar surface area (TPSA) is 34.1 Å². The summed E-state index contributed by atoms with van der Waals surface area (Å²) in [5, 5.41) is 0.255. The Hall–Kier alpha value is -1.32. The molecule has 0 radical (unpaired) electrons. The highest BCUT2D eigenvalue weighted by molar-refractivity contribution is 7.92. The monoisotopic (exact) mass is 292 g/mol. The molecule has 1 aliphatic carbocycles. The predicted octanol–water partition coefficient (Wildman–Crippen LogP) is 3.67. The summed E-state index contributed by atoms with van der Waals surface area (Å²) in [7, 11) is -3.24. The molecule has 3 rings (SSSR count). The van der Waals surface area contributed by atoms with Gasteiger partial charge in [0.15, 0.2) is 9.84 Å². The summed E-state index contributed by atoms with van der Waals surface area (Å²) in [6.07, 6.45) is 0.703. The van der Waals surface area contributed by atoms with Crippen molar-refractivity contribution in [3.63, 3.8) is 0 Å². The third kappa shape index (κ3) is 2.40. The lowest BCUT2D eigenvalue weighted by atomic mass is 10.1. The zero-order chi connectivity index (χ0) is 13.5. The van der Waals surface area contributed by atoms with Crippen molar-refractivity contribution >= 4 is 21.4 Å². The van der Waals surface area contributed by atoms with E-state index in [1.165, 1.54) is 0 Å². The van der Waals surface area contributed by atoms with Crippen LogP contribution >= 0.6 is 11.6 Å². The number of hydrogen-bond donors (Lipinski definition) is 0. The van der Waals surface area contributed by atoms with Crippen molar-refractivity contribution in [2.45, 2.75) is 22.5 Å². The second-order valence-corrected chi connectivity index (χ2v) is 7.39. The SMILES string of the molecule is O=S(=O)(c1ccc(Cl)cc1)[C@H]1C[C@@H]1c1ccccc1. The van der Waals surface area contributed by atoms with Gasteiger partial charge in [0.05, 0.1) is 10.1 Å². The lowest BCUT2D eigenvalue weighted by Crippen LogP contribution is -2.09. The van der Waals surface area contributed by atoms with E-state index in [-0.39, 0.29) is 11.2 Å². The number of benzene rings is 2. The molecule has 1 aliphatic rings. The first-order valence-corrected chi connectivity index (χ1v) is 8.06. The van der Waals surface area contributed by atoms with Crippen molar-refractivity contribution in [1.29, 1.82) is 0 Å². The van der Waals surface area contributed by atoms with Crippen LogP contribution in [0.2, 0.25) is 5.02 Å². The molecule has 0 spiro atoms. The van der Waals surface area contributed by atoms with Gasteiger partial charge in [-0.25, -0.2) is 8.42 Å². The van der Waals surface area contributed by atoms with Crippen LogP contribution in [0.4, 0.5) is 0 Å². The van der Waals surface area contributed by atoms with Gasteiger partial charge in [0.25, 0.3) is 0 Å². The van der Waals surface area contributed by atoms with Crippen molar-refractivity contribution in [3.8, 4) is 0 Å². The Labute approximate surface area is 118 Å². The zero-order valence-corrected chi connectivity index (χ0v) is 11.7. The third-order valence-corrected chi connectivity index (χ3v) is 6.00.